The van der Waals surface area contributed by atoms with Crippen LogP contribution in [0, 0.1) is 0 Å². The Morgan fingerprint density at radius 1 is 1.17 bits per heavy atom. The highest BCUT2D eigenvalue weighted by atomic mass is 16.5. The summed E-state index contributed by atoms with van der Waals surface area (Å²) in [5.41, 5.74) is 4.18. The van der Waals surface area contributed by atoms with Gasteiger partial charge in [-0.25, -0.2) is 0 Å². The summed E-state index contributed by atoms with van der Waals surface area (Å²) in [6.07, 6.45) is 0.875. The van der Waals surface area contributed by atoms with Crippen molar-refractivity contribution in [3.8, 4) is 5.75 Å². The lowest BCUT2D eigenvalue weighted by Crippen LogP contribution is -2.53. The van der Waals surface area contributed by atoms with Crippen molar-refractivity contribution in [1.29, 1.82) is 0 Å². The largest absolute Gasteiger partial charge is 0.497 e. The molecule has 5 nitrogen and oxygen atoms in total. The third-order valence-corrected chi connectivity index (χ3v) is 5.17. The summed E-state index contributed by atoms with van der Waals surface area (Å²) in [6.45, 7) is 0.749. The molecule has 5 rings (SSSR count). The second kappa shape index (κ2) is 4.61. The van der Waals surface area contributed by atoms with Crippen LogP contribution in [0.5, 0.6) is 5.75 Å². The number of benzene rings is 2. The highest BCUT2D eigenvalue weighted by molar-refractivity contribution is 6.09. The van der Waals surface area contributed by atoms with Crippen molar-refractivity contribution in [3.63, 3.8) is 0 Å². The van der Waals surface area contributed by atoms with Gasteiger partial charge in [0.05, 0.1) is 12.8 Å². The van der Waals surface area contributed by atoms with Crippen molar-refractivity contribution in [1.82, 2.24) is 10.3 Å². The predicted octanol–water partition coefficient (Wildman–Crippen LogP) is 2.52. The van der Waals surface area contributed by atoms with Gasteiger partial charge in [0.15, 0.2) is 5.54 Å². The Labute approximate surface area is 139 Å². The summed E-state index contributed by atoms with van der Waals surface area (Å²) < 4.78 is 5.37. The van der Waals surface area contributed by atoms with Crippen LogP contribution in [0.1, 0.15) is 16.8 Å². The van der Waals surface area contributed by atoms with E-state index in [1.165, 1.54) is 5.56 Å². The minimum absolute atomic E-state index is 0.0248. The van der Waals surface area contributed by atoms with E-state index in [1.807, 2.05) is 42.5 Å². The van der Waals surface area contributed by atoms with Gasteiger partial charge in [0.2, 0.25) is 0 Å². The molecule has 24 heavy (non-hydrogen) atoms. The van der Waals surface area contributed by atoms with Crippen molar-refractivity contribution >= 4 is 22.5 Å². The molecule has 0 saturated carbocycles. The van der Waals surface area contributed by atoms with Gasteiger partial charge in [0.25, 0.3) is 5.91 Å². The summed E-state index contributed by atoms with van der Waals surface area (Å²) in [6, 6.07) is 13.9. The Morgan fingerprint density at radius 3 is 2.92 bits per heavy atom. The van der Waals surface area contributed by atoms with E-state index in [4.69, 9.17) is 4.74 Å². The first kappa shape index (κ1) is 13.6. The number of methoxy groups -OCH3 is 1. The van der Waals surface area contributed by atoms with E-state index < -0.39 is 5.54 Å². The van der Waals surface area contributed by atoms with Crippen LogP contribution in [-0.2, 0) is 16.8 Å². The number of nitrogens with one attached hydrogen (secondary N) is 3. The van der Waals surface area contributed by atoms with Gasteiger partial charge >= 0.3 is 0 Å². The molecular weight excluding hydrogens is 302 g/mol. The van der Waals surface area contributed by atoms with E-state index in [0.29, 0.717) is 0 Å². The fraction of sp³-hybridized carbons (Fsp3) is 0.211. The second-order valence-corrected chi connectivity index (χ2v) is 6.32. The first-order chi connectivity index (χ1) is 11.7. The molecule has 0 saturated heterocycles. The zero-order valence-corrected chi connectivity index (χ0v) is 13.3. The van der Waals surface area contributed by atoms with Gasteiger partial charge in [-0.05, 0) is 36.2 Å². The average Bonchev–Trinajstić information content (AvgIpc) is 3.12. The highest BCUT2D eigenvalue weighted by Crippen LogP contribution is 2.45. The molecule has 5 heteroatoms. The van der Waals surface area contributed by atoms with Gasteiger partial charge < -0.3 is 15.0 Å². The number of amides is 1. The fourth-order valence-electron chi connectivity index (χ4n) is 4.08. The molecule has 0 aliphatic carbocycles. The summed E-state index contributed by atoms with van der Waals surface area (Å²) in [7, 11) is 1.67. The maximum Gasteiger partial charge on any atom is 0.255 e. The Balaban J connectivity index is 1.83. The average molecular weight is 319 g/mol. The topological polar surface area (TPSA) is 66.1 Å². The molecule has 2 aromatic carbocycles. The molecule has 0 fully saturated rings. The van der Waals surface area contributed by atoms with E-state index >= 15 is 0 Å². The zero-order valence-electron chi connectivity index (χ0n) is 13.3. The summed E-state index contributed by atoms with van der Waals surface area (Å²) >= 11 is 0. The minimum Gasteiger partial charge on any atom is -0.497 e. The zero-order chi connectivity index (χ0) is 16.3. The van der Waals surface area contributed by atoms with Crippen molar-refractivity contribution in [2.75, 3.05) is 19.0 Å². The van der Waals surface area contributed by atoms with Crippen LogP contribution in [0.25, 0.3) is 10.9 Å². The molecule has 2 aliphatic rings. The van der Waals surface area contributed by atoms with Crippen LogP contribution in [0.2, 0.25) is 0 Å². The van der Waals surface area contributed by atoms with E-state index in [1.54, 1.807) is 7.11 Å². The van der Waals surface area contributed by atoms with Crippen LogP contribution < -0.4 is 15.4 Å². The number of rotatable bonds is 1. The van der Waals surface area contributed by atoms with E-state index in [0.717, 1.165) is 46.6 Å². The molecule has 1 spiro atoms. The summed E-state index contributed by atoms with van der Waals surface area (Å²) in [5, 5.41) is 7.62. The van der Waals surface area contributed by atoms with Gasteiger partial charge in [-0.1, -0.05) is 18.2 Å². The Bertz CT molecular complexity index is 991. The Morgan fingerprint density at radius 2 is 2.04 bits per heavy atom. The van der Waals surface area contributed by atoms with Gasteiger partial charge in [0, 0.05) is 28.7 Å². The normalized spacial score (nSPS) is 21.6. The number of aromatic amines is 1. The van der Waals surface area contributed by atoms with E-state index in [2.05, 4.69) is 15.6 Å². The number of H-pyrrole nitrogens is 1. The van der Waals surface area contributed by atoms with E-state index in [9.17, 15) is 4.79 Å². The standard InChI is InChI=1S/C19H17N3O2/c1-24-11-6-7-15-13(10-11)12-8-9-20-19(17(12)21-15)14-4-2-3-5-16(14)22-18(19)23/h2-7,10,20-21H,8-9H2,1H3,(H,22,23). The van der Waals surface area contributed by atoms with Crippen LogP contribution in [0.3, 0.4) is 0 Å². The fourth-order valence-corrected chi connectivity index (χ4v) is 4.08. The van der Waals surface area contributed by atoms with Crippen molar-refractivity contribution in [3.05, 3.63) is 59.3 Å². The number of para-hydroxylation sites is 1. The van der Waals surface area contributed by atoms with Gasteiger partial charge in [-0.3, -0.25) is 10.1 Å². The third kappa shape index (κ3) is 1.55. The quantitative estimate of drug-likeness (QED) is 0.646. The number of anilines is 1. The van der Waals surface area contributed by atoms with Crippen LogP contribution in [0.4, 0.5) is 5.69 Å². The number of carbonyl (C=O) groups is 1. The van der Waals surface area contributed by atoms with Crippen molar-refractivity contribution < 1.29 is 9.53 Å². The number of carbonyl (C=O) groups excluding carboxylic acids is 1. The third-order valence-electron chi connectivity index (χ3n) is 5.17. The lowest BCUT2D eigenvalue weighted by Gasteiger charge is -2.33. The molecule has 3 heterocycles. The second-order valence-electron chi connectivity index (χ2n) is 6.32. The minimum atomic E-state index is -0.837. The smallest absolute Gasteiger partial charge is 0.255 e. The maximum absolute atomic E-state index is 13.0. The van der Waals surface area contributed by atoms with Crippen molar-refractivity contribution in [2.24, 2.45) is 0 Å². The first-order valence-corrected chi connectivity index (χ1v) is 8.09. The molecule has 1 aromatic heterocycles. The lowest BCUT2D eigenvalue weighted by molar-refractivity contribution is -0.120. The molecular formula is C19H17N3O2. The number of hydrogen-bond donors (Lipinski definition) is 3. The molecule has 3 aromatic rings. The monoisotopic (exact) mass is 319 g/mol. The molecule has 120 valence electrons. The number of fused-ring (bicyclic) bond motifs is 6. The van der Waals surface area contributed by atoms with Gasteiger partial charge in [0.1, 0.15) is 5.75 Å². The predicted molar refractivity (Wildman–Crippen MR) is 92.4 cm³/mol. The number of ether oxygens (including phenoxy) is 1. The Kier molecular flexibility index (Phi) is 2.62. The molecule has 2 aliphatic heterocycles. The number of hydrogen-bond acceptors (Lipinski definition) is 3. The first-order valence-electron chi connectivity index (χ1n) is 8.09. The Hall–Kier alpha value is -2.79. The molecule has 1 amide bonds. The summed E-state index contributed by atoms with van der Waals surface area (Å²) in [4.78, 5) is 16.4. The molecule has 3 N–H and O–H groups in total. The molecule has 0 bridgehead atoms. The lowest BCUT2D eigenvalue weighted by atomic mass is 9.82. The summed E-state index contributed by atoms with van der Waals surface area (Å²) in [5.74, 6) is 0.802. The van der Waals surface area contributed by atoms with Crippen LogP contribution in [-0.4, -0.2) is 24.5 Å². The number of aromatic nitrogens is 1. The molecule has 1 unspecified atom stereocenters. The van der Waals surface area contributed by atoms with E-state index in [-0.39, 0.29) is 5.91 Å². The molecule has 1 atom stereocenters. The van der Waals surface area contributed by atoms with Crippen LogP contribution in [0.15, 0.2) is 42.5 Å². The highest BCUT2D eigenvalue weighted by Gasteiger charge is 2.51. The van der Waals surface area contributed by atoms with Crippen LogP contribution >= 0.6 is 0 Å². The maximum atomic E-state index is 13.0. The van der Waals surface area contributed by atoms with Gasteiger partial charge in [-0.2, -0.15) is 0 Å². The SMILES string of the molecule is COc1ccc2[nH]c3c(c2c1)CCNC31C(=O)Nc2ccccc21. The van der Waals surface area contributed by atoms with Crippen molar-refractivity contribution in [2.45, 2.75) is 12.0 Å². The van der Waals surface area contributed by atoms with Gasteiger partial charge in [-0.15, -0.1) is 0 Å². The molecule has 0 radical (unpaired) electrons.